The fourth-order valence-electron chi connectivity index (χ4n) is 6.46. The number of likely N-dealkylation sites (N-methyl/N-ethyl adjacent to an activating group) is 1. The standard InChI is InChI=1S/C23H39FN4O3/c1-14-6-7-19(24)18-11-20(26-22(14)18)23(31)25-15-4-3-5-16(10-15)28-9-8-17(12-28)27(2)21(30)13-29/h14-20,22,26,29H,3-13H2,1-2H3,(H,25,31)/t14?,15-,16+,17+,18?,19?,20?,22?/m1/s1. The van der Waals surface area contributed by atoms with Gasteiger partial charge in [-0.2, -0.15) is 0 Å². The van der Waals surface area contributed by atoms with Gasteiger partial charge in [0.2, 0.25) is 11.8 Å². The van der Waals surface area contributed by atoms with Gasteiger partial charge in [-0.15, -0.1) is 0 Å². The molecular weight excluding hydrogens is 399 g/mol. The molecule has 5 unspecified atom stereocenters. The van der Waals surface area contributed by atoms with Crippen LogP contribution in [0.3, 0.4) is 0 Å². The first-order valence-corrected chi connectivity index (χ1v) is 12.2. The fraction of sp³-hybridized carbons (Fsp3) is 0.913. The summed E-state index contributed by atoms with van der Waals surface area (Å²) in [4.78, 5) is 28.9. The van der Waals surface area contributed by atoms with Crippen molar-refractivity contribution in [3.05, 3.63) is 0 Å². The molecule has 2 aliphatic heterocycles. The van der Waals surface area contributed by atoms with Gasteiger partial charge in [-0.25, -0.2) is 4.39 Å². The van der Waals surface area contributed by atoms with Gasteiger partial charge in [0.05, 0.1) is 6.04 Å². The van der Waals surface area contributed by atoms with E-state index in [1.807, 2.05) is 0 Å². The summed E-state index contributed by atoms with van der Waals surface area (Å²) in [5.74, 6) is 0.203. The zero-order valence-corrected chi connectivity index (χ0v) is 18.9. The monoisotopic (exact) mass is 438 g/mol. The highest BCUT2D eigenvalue weighted by molar-refractivity contribution is 5.82. The van der Waals surface area contributed by atoms with E-state index in [1.165, 1.54) is 0 Å². The number of amides is 2. The van der Waals surface area contributed by atoms with Gasteiger partial charge >= 0.3 is 0 Å². The summed E-state index contributed by atoms with van der Waals surface area (Å²) < 4.78 is 14.4. The predicted octanol–water partition coefficient (Wildman–Crippen LogP) is 1.05. The average molecular weight is 439 g/mol. The number of hydrogen-bond acceptors (Lipinski definition) is 5. The van der Waals surface area contributed by atoms with Gasteiger partial charge < -0.3 is 20.6 Å². The van der Waals surface area contributed by atoms with E-state index in [4.69, 9.17) is 5.11 Å². The Balaban J connectivity index is 1.28. The summed E-state index contributed by atoms with van der Waals surface area (Å²) in [6, 6.07) is 0.569. The molecule has 8 atom stereocenters. The molecule has 0 aromatic rings. The molecule has 4 fully saturated rings. The molecule has 2 aliphatic carbocycles. The van der Waals surface area contributed by atoms with Gasteiger partial charge in [-0.05, 0) is 57.3 Å². The lowest BCUT2D eigenvalue weighted by atomic mass is 9.77. The van der Waals surface area contributed by atoms with Crippen LogP contribution in [0.4, 0.5) is 4.39 Å². The number of rotatable bonds is 5. The fourth-order valence-corrected chi connectivity index (χ4v) is 6.46. The number of alkyl halides is 1. The minimum Gasteiger partial charge on any atom is -0.387 e. The van der Waals surface area contributed by atoms with Crippen molar-refractivity contribution in [1.82, 2.24) is 20.4 Å². The summed E-state index contributed by atoms with van der Waals surface area (Å²) in [6.45, 7) is 3.50. The van der Waals surface area contributed by atoms with E-state index < -0.39 is 12.8 Å². The van der Waals surface area contributed by atoms with E-state index in [2.05, 4.69) is 22.5 Å². The predicted molar refractivity (Wildman–Crippen MR) is 116 cm³/mol. The Morgan fingerprint density at radius 1 is 1.19 bits per heavy atom. The number of aliphatic hydroxyl groups is 1. The molecular formula is C23H39FN4O3. The molecule has 2 saturated heterocycles. The molecule has 0 bridgehead atoms. The van der Waals surface area contributed by atoms with Gasteiger partial charge in [0.25, 0.3) is 0 Å². The number of carbonyl (C=O) groups is 2. The van der Waals surface area contributed by atoms with Crippen LogP contribution in [0, 0.1) is 11.8 Å². The maximum Gasteiger partial charge on any atom is 0.248 e. The molecule has 0 spiro atoms. The lowest BCUT2D eigenvalue weighted by Crippen LogP contribution is -2.51. The second-order valence-corrected chi connectivity index (χ2v) is 10.3. The normalized spacial score (nSPS) is 41.0. The van der Waals surface area contributed by atoms with Crippen LogP contribution in [0.15, 0.2) is 0 Å². The van der Waals surface area contributed by atoms with Crippen molar-refractivity contribution < 1.29 is 19.1 Å². The van der Waals surface area contributed by atoms with E-state index in [9.17, 15) is 14.0 Å². The maximum absolute atomic E-state index is 14.4. The largest absolute Gasteiger partial charge is 0.387 e. The second kappa shape index (κ2) is 9.71. The van der Waals surface area contributed by atoms with Gasteiger partial charge in [0, 0.05) is 50.2 Å². The van der Waals surface area contributed by atoms with Crippen molar-refractivity contribution in [3.8, 4) is 0 Å². The minimum atomic E-state index is -0.787. The number of fused-ring (bicyclic) bond motifs is 1. The molecule has 4 aliphatic rings. The summed E-state index contributed by atoms with van der Waals surface area (Å²) in [6.07, 6.45) is 6.37. The number of carbonyl (C=O) groups excluding carboxylic acids is 2. The van der Waals surface area contributed by atoms with E-state index in [-0.39, 0.29) is 41.9 Å². The Hall–Kier alpha value is -1.25. The van der Waals surface area contributed by atoms with E-state index >= 15 is 0 Å². The Morgan fingerprint density at radius 2 is 2.00 bits per heavy atom. The number of halogens is 1. The minimum absolute atomic E-state index is 0.0289. The molecule has 31 heavy (non-hydrogen) atoms. The van der Waals surface area contributed by atoms with Crippen LogP contribution >= 0.6 is 0 Å². The van der Waals surface area contributed by atoms with Gasteiger partial charge in [0.1, 0.15) is 12.8 Å². The molecule has 176 valence electrons. The van der Waals surface area contributed by atoms with Crippen molar-refractivity contribution in [2.75, 3.05) is 26.7 Å². The third-order valence-electron chi connectivity index (χ3n) is 8.44. The Labute approximate surface area is 185 Å². The highest BCUT2D eigenvalue weighted by Gasteiger charge is 2.46. The van der Waals surface area contributed by atoms with Crippen LogP contribution < -0.4 is 10.6 Å². The molecule has 8 heteroatoms. The lowest BCUT2D eigenvalue weighted by molar-refractivity contribution is -0.134. The van der Waals surface area contributed by atoms with Gasteiger partial charge in [0.15, 0.2) is 0 Å². The quantitative estimate of drug-likeness (QED) is 0.598. The average Bonchev–Trinajstić information content (AvgIpc) is 3.44. The highest BCUT2D eigenvalue weighted by atomic mass is 19.1. The molecule has 7 nitrogen and oxygen atoms in total. The highest BCUT2D eigenvalue weighted by Crippen LogP contribution is 2.38. The molecule has 4 rings (SSSR count). The SMILES string of the molecule is CC1CCC(F)C2CC(C(=O)N[C@@H]3CCC[C@H](N4CC[C@H](N(C)C(=O)CO)C4)C3)NC12. The third-order valence-corrected chi connectivity index (χ3v) is 8.44. The summed E-state index contributed by atoms with van der Waals surface area (Å²) >= 11 is 0. The molecule has 2 amide bonds. The Morgan fingerprint density at radius 3 is 2.74 bits per heavy atom. The molecule has 0 aromatic heterocycles. The Kier molecular flexibility index (Phi) is 7.18. The van der Waals surface area contributed by atoms with Gasteiger partial charge in [-0.3, -0.25) is 14.5 Å². The van der Waals surface area contributed by atoms with Crippen LogP contribution in [0.5, 0.6) is 0 Å². The van der Waals surface area contributed by atoms with Crippen molar-refractivity contribution >= 4 is 11.8 Å². The van der Waals surface area contributed by atoms with E-state index in [0.717, 1.165) is 51.6 Å². The number of hydrogen-bond donors (Lipinski definition) is 3. The smallest absolute Gasteiger partial charge is 0.248 e. The molecule has 3 N–H and O–H groups in total. The van der Waals surface area contributed by atoms with Crippen LogP contribution in [0.25, 0.3) is 0 Å². The van der Waals surface area contributed by atoms with Crippen LogP contribution in [0.2, 0.25) is 0 Å². The number of nitrogens with zero attached hydrogens (tertiary/aromatic N) is 2. The zero-order valence-electron chi connectivity index (χ0n) is 18.9. The zero-order chi connectivity index (χ0) is 22.1. The van der Waals surface area contributed by atoms with Crippen LogP contribution in [-0.2, 0) is 9.59 Å². The summed E-state index contributed by atoms with van der Waals surface area (Å²) in [5, 5.41) is 15.8. The number of likely N-dealkylation sites (tertiary alicyclic amines) is 1. The van der Waals surface area contributed by atoms with Crippen LogP contribution in [-0.4, -0.2) is 89.8 Å². The first-order chi connectivity index (χ1) is 14.9. The van der Waals surface area contributed by atoms with Crippen LogP contribution in [0.1, 0.15) is 58.3 Å². The lowest BCUT2D eigenvalue weighted by Gasteiger charge is -2.36. The Bertz CT molecular complexity index is 647. The molecule has 0 aromatic carbocycles. The molecule has 2 saturated carbocycles. The first kappa shape index (κ1) is 22.9. The summed E-state index contributed by atoms with van der Waals surface area (Å²) in [5.41, 5.74) is 0. The second-order valence-electron chi connectivity index (χ2n) is 10.3. The first-order valence-electron chi connectivity index (χ1n) is 12.2. The van der Waals surface area contributed by atoms with E-state index in [0.29, 0.717) is 24.8 Å². The number of aliphatic hydroxyl groups excluding tert-OH is 1. The van der Waals surface area contributed by atoms with Gasteiger partial charge in [-0.1, -0.05) is 6.92 Å². The summed E-state index contributed by atoms with van der Waals surface area (Å²) in [7, 11) is 1.77. The van der Waals surface area contributed by atoms with E-state index in [1.54, 1.807) is 11.9 Å². The molecule has 0 radical (unpaired) electrons. The van der Waals surface area contributed by atoms with Crippen molar-refractivity contribution in [3.63, 3.8) is 0 Å². The van der Waals surface area contributed by atoms with Crippen molar-refractivity contribution in [2.24, 2.45) is 11.8 Å². The van der Waals surface area contributed by atoms with Crippen molar-refractivity contribution in [2.45, 2.75) is 94.7 Å². The third kappa shape index (κ3) is 4.91. The maximum atomic E-state index is 14.4. The number of nitrogens with one attached hydrogen (secondary N) is 2. The van der Waals surface area contributed by atoms with Crippen molar-refractivity contribution in [1.29, 1.82) is 0 Å². The topological polar surface area (TPSA) is 84.9 Å². The molecule has 2 heterocycles.